The van der Waals surface area contributed by atoms with Crippen LogP contribution in [0.15, 0.2) is 42.5 Å². The number of benzene rings is 2. The van der Waals surface area contributed by atoms with Crippen LogP contribution < -0.4 is 5.32 Å². The van der Waals surface area contributed by atoms with Gasteiger partial charge in [0.1, 0.15) is 0 Å². The molecule has 22 heavy (non-hydrogen) atoms. The normalized spacial score (nSPS) is 19.8. The first-order valence-electron chi connectivity index (χ1n) is 7.04. The average Bonchev–Trinajstić information content (AvgIpc) is 3.28. The first-order chi connectivity index (χ1) is 10.6. The fourth-order valence-electron chi connectivity index (χ4n) is 2.58. The molecule has 2 N–H and O–H groups in total. The second-order valence-corrected chi connectivity index (χ2v) is 6.30. The van der Waals surface area contributed by atoms with Gasteiger partial charge in [-0.05, 0) is 47.7 Å². The van der Waals surface area contributed by atoms with Crippen LogP contribution in [0.4, 0.5) is 5.69 Å². The Kier molecular flexibility index (Phi) is 4.39. The van der Waals surface area contributed by atoms with E-state index in [1.807, 2.05) is 24.3 Å². The van der Waals surface area contributed by atoms with Crippen molar-refractivity contribution in [2.24, 2.45) is 5.92 Å². The van der Waals surface area contributed by atoms with E-state index in [2.05, 4.69) is 5.32 Å². The number of aliphatic hydroxyl groups excluding tert-OH is 1. The van der Waals surface area contributed by atoms with E-state index in [0.717, 1.165) is 12.0 Å². The highest BCUT2D eigenvalue weighted by Crippen LogP contribution is 2.48. The highest BCUT2D eigenvalue weighted by molar-refractivity contribution is 6.31. The van der Waals surface area contributed by atoms with E-state index in [4.69, 9.17) is 28.3 Å². The molecule has 2 atom stereocenters. The minimum absolute atomic E-state index is 0.0159. The maximum Gasteiger partial charge on any atom is 0.228 e. The number of hydrogen-bond donors (Lipinski definition) is 2. The van der Waals surface area contributed by atoms with E-state index in [1.54, 1.807) is 18.2 Å². The topological polar surface area (TPSA) is 49.3 Å². The summed E-state index contributed by atoms with van der Waals surface area (Å²) in [6.45, 7) is -0.119. The first-order valence-corrected chi connectivity index (χ1v) is 7.79. The molecule has 0 aromatic heterocycles. The van der Waals surface area contributed by atoms with Crippen molar-refractivity contribution in [1.82, 2.24) is 0 Å². The summed E-state index contributed by atoms with van der Waals surface area (Å²) in [7, 11) is 0. The molecule has 3 rings (SSSR count). The van der Waals surface area contributed by atoms with E-state index in [-0.39, 0.29) is 24.3 Å². The Bertz CT molecular complexity index is 718. The van der Waals surface area contributed by atoms with E-state index < -0.39 is 0 Å². The highest BCUT2D eigenvalue weighted by atomic mass is 35.5. The Morgan fingerprint density at radius 2 is 2.05 bits per heavy atom. The molecular weight excluding hydrogens is 321 g/mol. The zero-order valence-corrected chi connectivity index (χ0v) is 13.2. The molecule has 114 valence electrons. The second kappa shape index (κ2) is 6.29. The van der Waals surface area contributed by atoms with Gasteiger partial charge in [-0.25, -0.2) is 0 Å². The molecule has 1 saturated carbocycles. The van der Waals surface area contributed by atoms with Crippen LogP contribution >= 0.6 is 23.2 Å². The zero-order chi connectivity index (χ0) is 15.7. The van der Waals surface area contributed by atoms with Gasteiger partial charge in [0.05, 0.1) is 6.61 Å². The fourth-order valence-corrected chi connectivity index (χ4v) is 3.02. The number of amides is 1. The van der Waals surface area contributed by atoms with Crippen LogP contribution in [-0.4, -0.2) is 11.0 Å². The number of carbonyl (C=O) groups excluding carboxylic acids is 1. The van der Waals surface area contributed by atoms with Gasteiger partial charge >= 0.3 is 0 Å². The van der Waals surface area contributed by atoms with E-state index >= 15 is 0 Å². The van der Waals surface area contributed by atoms with Crippen LogP contribution in [0.1, 0.15) is 23.5 Å². The minimum Gasteiger partial charge on any atom is -0.392 e. The molecule has 0 aliphatic heterocycles. The van der Waals surface area contributed by atoms with Gasteiger partial charge in [-0.2, -0.15) is 0 Å². The average molecular weight is 336 g/mol. The van der Waals surface area contributed by atoms with Crippen molar-refractivity contribution in [3.05, 3.63) is 63.6 Å². The lowest BCUT2D eigenvalue weighted by Crippen LogP contribution is -2.14. The maximum absolute atomic E-state index is 12.3. The molecule has 2 aromatic carbocycles. The summed E-state index contributed by atoms with van der Waals surface area (Å²) in [4.78, 5) is 12.3. The molecule has 2 aromatic rings. The smallest absolute Gasteiger partial charge is 0.228 e. The van der Waals surface area contributed by atoms with E-state index in [9.17, 15) is 4.79 Å². The lowest BCUT2D eigenvalue weighted by atomic mass is 10.1. The summed E-state index contributed by atoms with van der Waals surface area (Å²) in [5.74, 6) is 0.179. The van der Waals surface area contributed by atoms with Gasteiger partial charge in [-0.3, -0.25) is 4.79 Å². The van der Waals surface area contributed by atoms with Crippen molar-refractivity contribution >= 4 is 34.8 Å². The van der Waals surface area contributed by atoms with Gasteiger partial charge in [0.25, 0.3) is 0 Å². The minimum atomic E-state index is -0.119. The quantitative estimate of drug-likeness (QED) is 0.878. The monoisotopic (exact) mass is 335 g/mol. The van der Waals surface area contributed by atoms with Crippen molar-refractivity contribution < 1.29 is 9.90 Å². The van der Waals surface area contributed by atoms with Crippen molar-refractivity contribution in [1.29, 1.82) is 0 Å². The van der Waals surface area contributed by atoms with Crippen molar-refractivity contribution in [3.8, 4) is 0 Å². The lowest BCUT2D eigenvalue weighted by molar-refractivity contribution is -0.117. The molecule has 1 amide bonds. The van der Waals surface area contributed by atoms with Gasteiger partial charge in [0.2, 0.25) is 5.91 Å². The molecule has 1 fully saturated rings. The van der Waals surface area contributed by atoms with Crippen LogP contribution in [0.2, 0.25) is 10.0 Å². The molecular formula is C17H15Cl2NO2. The molecule has 5 heteroatoms. The Morgan fingerprint density at radius 1 is 1.23 bits per heavy atom. The third-order valence-corrected chi connectivity index (χ3v) is 4.48. The summed E-state index contributed by atoms with van der Waals surface area (Å²) in [5.41, 5.74) is 2.38. The van der Waals surface area contributed by atoms with Crippen molar-refractivity contribution in [3.63, 3.8) is 0 Å². The van der Waals surface area contributed by atoms with Crippen LogP contribution in [0.3, 0.4) is 0 Å². The van der Waals surface area contributed by atoms with Gasteiger partial charge < -0.3 is 10.4 Å². The Labute approximate surface area is 138 Å². The molecule has 3 nitrogen and oxygen atoms in total. The second-order valence-electron chi connectivity index (χ2n) is 5.46. The van der Waals surface area contributed by atoms with Gasteiger partial charge in [-0.15, -0.1) is 0 Å². The number of carbonyl (C=O) groups is 1. The molecule has 0 heterocycles. The number of aliphatic hydroxyl groups is 1. The number of nitrogens with one attached hydrogen (secondary N) is 1. The van der Waals surface area contributed by atoms with E-state index in [1.165, 1.54) is 0 Å². The van der Waals surface area contributed by atoms with Gasteiger partial charge in [-0.1, -0.05) is 41.4 Å². The summed E-state index contributed by atoms with van der Waals surface area (Å²) >= 11 is 12.0. The Hall–Kier alpha value is -1.55. The fraction of sp³-hybridized carbons (Fsp3) is 0.235. The third-order valence-electron chi connectivity index (χ3n) is 3.89. The standard InChI is InChI=1S/C17H15Cl2NO2/c18-12-3-1-2-10(6-12)14-8-15(14)17(22)20-13-5-4-11(9-21)16(19)7-13/h1-7,14-15,21H,8-9H2,(H,20,22)/t14-,15+/m0/s1. The predicted molar refractivity (Wildman–Crippen MR) is 88.3 cm³/mol. The molecule has 0 bridgehead atoms. The van der Waals surface area contributed by atoms with Crippen LogP contribution in [0.5, 0.6) is 0 Å². The summed E-state index contributed by atoms with van der Waals surface area (Å²) in [5, 5.41) is 13.1. The van der Waals surface area contributed by atoms with E-state index in [0.29, 0.717) is 21.3 Å². The van der Waals surface area contributed by atoms with Crippen molar-refractivity contribution in [2.45, 2.75) is 18.9 Å². The van der Waals surface area contributed by atoms with Crippen LogP contribution in [-0.2, 0) is 11.4 Å². The largest absolute Gasteiger partial charge is 0.392 e. The molecule has 0 saturated heterocycles. The number of halogens is 2. The van der Waals surface area contributed by atoms with Crippen LogP contribution in [0.25, 0.3) is 0 Å². The van der Waals surface area contributed by atoms with Crippen LogP contribution in [0, 0.1) is 5.92 Å². The lowest BCUT2D eigenvalue weighted by Gasteiger charge is -2.07. The summed E-state index contributed by atoms with van der Waals surface area (Å²) in [6.07, 6.45) is 0.828. The Balaban J connectivity index is 1.65. The molecule has 1 aliphatic carbocycles. The zero-order valence-electron chi connectivity index (χ0n) is 11.7. The van der Waals surface area contributed by atoms with Gasteiger partial charge in [0, 0.05) is 21.7 Å². The summed E-state index contributed by atoms with van der Waals surface area (Å²) < 4.78 is 0. The summed E-state index contributed by atoms with van der Waals surface area (Å²) in [6, 6.07) is 12.7. The first kappa shape index (κ1) is 15.3. The highest BCUT2D eigenvalue weighted by Gasteiger charge is 2.43. The molecule has 0 spiro atoms. The van der Waals surface area contributed by atoms with Crippen molar-refractivity contribution in [2.75, 3.05) is 5.32 Å². The molecule has 1 aliphatic rings. The number of rotatable bonds is 4. The Morgan fingerprint density at radius 3 is 2.73 bits per heavy atom. The van der Waals surface area contributed by atoms with Gasteiger partial charge in [0.15, 0.2) is 0 Å². The molecule has 0 radical (unpaired) electrons. The molecule has 0 unspecified atom stereocenters. The number of hydrogen-bond acceptors (Lipinski definition) is 2. The third kappa shape index (κ3) is 3.27. The SMILES string of the molecule is O=C(Nc1ccc(CO)c(Cl)c1)[C@@H]1C[C@H]1c1cccc(Cl)c1. The number of anilines is 1. The maximum atomic E-state index is 12.3. The predicted octanol–water partition coefficient (Wildman–Crippen LogP) is 4.23.